The van der Waals surface area contributed by atoms with Crippen LogP contribution in [0.5, 0.6) is 0 Å². The van der Waals surface area contributed by atoms with E-state index in [0.29, 0.717) is 6.04 Å². The lowest BCUT2D eigenvalue weighted by atomic mass is 9.99. The van der Waals surface area contributed by atoms with Crippen LogP contribution in [0.4, 0.5) is 0 Å². The number of halogens is 1. The van der Waals surface area contributed by atoms with Gasteiger partial charge in [-0.05, 0) is 39.1 Å². The zero-order valence-electron chi connectivity index (χ0n) is 9.57. The van der Waals surface area contributed by atoms with E-state index in [0.717, 1.165) is 10.9 Å². The van der Waals surface area contributed by atoms with Gasteiger partial charge in [-0.3, -0.25) is 0 Å². The van der Waals surface area contributed by atoms with Crippen LogP contribution in [0.3, 0.4) is 0 Å². The van der Waals surface area contributed by atoms with E-state index in [1.807, 2.05) is 13.0 Å². The number of benzene rings is 1. The molecule has 2 atom stereocenters. The second-order valence-electron chi connectivity index (χ2n) is 4.21. The highest BCUT2D eigenvalue weighted by Crippen LogP contribution is 2.29. The molecule has 0 aromatic heterocycles. The Hall–Kier alpha value is -0.380. The first-order chi connectivity index (χ1) is 7.02. The highest BCUT2D eigenvalue weighted by molar-refractivity contribution is 9.10. The standard InChI is InChI=1S/C12H19BrN2/c1-9(14)8-12(15(2)3)10-6-4-5-7-11(10)13/h4-7,9,12H,8,14H2,1-3H3. The van der Waals surface area contributed by atoms with Crippen LogP contribution < -0.4 is 5.73 Å². The van der Waals surface area contributed by atoms with Gasteiger partial charge in [0.15, 0.2) is 0 Å². The third-order valence-corrected chi connectivity index (χ3v) is 3.20. The van der Waals surface area contributed by atoms with Crippen LogP contribution in [0.15, 0.2) is 28.7 Å². The molecule has 0 aliphatic rings. The third-order valence-electron chi connectivity index (χ3n) is 2.48. The average Bonchev–Trinajstić information content (AvgIpc) is 2.15. The molecule has 1 aromatic rings. The molecule has 1 rings (SSSR count). The average molecular weight is 271 g/mol. The molecule has 0 heterocycles. The van der Waals surface area contributed by atoms with Gasteiger partial charge in [0.25, 0.3) is 0 Å². The van der Waals surface area contributed by atoms with E-state index in [1.54, 1.807) is 0 Å². The predicted molar refractivity (Wildman–Crippen MR) is 68.8 cm³/mol. The van der Waals surface area contributed by atoms with Gasteiger partial charge in [0, 0.05) is 16.6 Å². The Morgan fingerprint density at radius 2 is 1.93 bits per heavy atom. The van der Waals surface area contributed by atoms with Crippen molar-refractivity contribution in [2.45, 2.75) is 25.4 Å². The third kappa shape index (κ3) is 3.59. The van der Waals surface area contributed by atoms with Crippen molar-refractivity contribution in [1.82, 2.24) is 4.90 Å². The molecule has 0 saturated heterocycles. The maximum Gasteiger partial charge on any atom is 0.0367 e. The molecule has 0 spiro atoms. The Bertz CT molecular complexity index is 310. The van der Waals surface area contributed by atoms with Crippen molar-refractivity contribution < 1.29 is 0 Å². The molecule has 0 aliphatic carbocycles. The normalized spacial score (nSPS) is 15.3. The first-order valence-corrected chi connectivity index (χ1v) is 5.98. The van der Waals surface area contributed by atoms with Crippen molar-refractivity contribution in [2.24, 2.45) is 5.73 Å². The van der Waals surface area contributed by atoms with Crippen molar-refractivity contribution in [3.05, 3.63) is 34.3 Å². The molecule has 0 radical (unpaired) electrons. The summed E-state index contributed by atoms with van der Waals surface area (Å²) < 4.78 is 1.16. The molecule has 3 heteroatoms. The number of nitrogens with two attached hydrogens (primary N) is 1. The van der Waals surface area contributed by atoms with Crippen molar-refractivity contribution in [3.63, 3.8) is 0 Å². The minimum absolute atomic E-state index is 0.213. The van der Waals surface area contributed by atoms with E-state index in [1.165, 1.54) is 5.56 Å². The molecular weight excluding hydrogens is 252 g/mol. The Morgan fingerprint density at radius 3 is 2.40 bits per heavy atom. The first-order valence-electron chi connectivity index (χ1n) is 5.18. The van der Waals surface area contributed by atoms with E-state index in [4.69, 9.17) is 5.73 Å². The fourth-order valence-corrected chi connectivity index (χ4v) is 2.26. The highest BCUT2D eigenvalue weighted by atomic mass is 79.9. The molecule has 0 bridgehead atoms. The van der Waals surface area contributed by atoms with Crippen LogP contribution in [-0.2, 0) is 0 Å². The largest absolute Gasteiger partial charge is 0.328 e. The van der Waals surface area contributed by atoms with Crippen molar-refractivity contribution in [2.75, 3.05) is 14.1 Å². The summed E-state index contributed by atoms with van der Waals surface area (Å²) in [7, 11) is 4.18. The second kappa shape index (κ2) is 5.64. The smallest absolute Gasteiger partial charge is 0.0367 e. The lowest BCUT2D eigenvalue weighted by molar-refractivity contribution is 0.271. The molecule has 2 N–H and O–H groups in total. The molecular formula is C12H19BrN2. The molecule has 15 heavy (non-hydrogen) atoms. The van der Waals surface area contributed by atoms with Crippen LogP contribution >= 0.6 is 15.9 Å². The maximum atomic E-state index is 5.88. The van der Waals surface area contributed by atoms with Crippen LogP contribution in [0.2, 0.25) is 0 Å². The Morgan fingerprint density at radius 1 is 1.33 bits per heavy atom. The molecule has 0 saturated carbocycles. The van der Waals surface area contributed by atoms with Gasteiger partial charge in [-0.25, -0.2) is 0 Å². The predicted octanol–water partition coefficient (Wildman–Crippen LogP) is 2.79. The summed E-state index contributed by atoms with van der Waals surface area (Å²) >= 11 is 3.59. The van der Waals surface area contributed by atoms with Gasteiger partial charge in [0.2, 0.25) is 0 Å². The van der Waals surface area contributed by atoms with Gasteiger partial charge >= 0.3 is 0 Å². The molecule has 2 unspecified atom stereocenters. The van der Waals surface area contributed by atoms with Crippen molar-refractivity contribution in [3.8, 4) is 0 Å². The number of nitrogens with zero attached hydrogens (tertiary/aromatic N) is 1. The fraction of sp³-hybridized carbons (Fsp3) is 0.500. The summed E-state index contributed by atoms with van der Waals surface area (Å²) in [5, 5.41) is 0. The topological polar surface area (TPSA) is 29.3 Å². The van der Waals surface area contributed by atoms with Gasteiger partial charge in [0.05, 0.1) is 0 Å². The SMILES string of the molecule is CC(N)CC(c1ccccc1Br)N(C)C. The van der Waals surface area contributed by atoms with Crippen LogP contribution in [0.1, 0.15) is 24.9 Å². The Balaban J connectivity index is 2.94. The zero-order chi connectivity index (χ0) is 11.4. The first kappa shape index (κ1) is 12.7. The number of hydrogen-bond donors (Lipinski definition) is 1. The van der Waals surface area contributed by atoms with E-state index < -0.39 is 0 Å². The molecule has 0 aliphatic heterocycles. The van der Waals surface area contributed by atoms with E-state index in [2.05, 4.69) is 53.1 Å². The monoisotopic (exact) mass is 270 g/mol. The van der Waals surface area contributed by atoms with E-state index >= 15 is 0 Å². The summed E-state index contributed by atoms with van der Waals surface area (Å²) in [6.07, 6.45) is 0.968. The zero-order valence-corrected chi connectivity index (χ0v) is 11.2. The van der Waals surface area contributed by atoms with Crippen LogP contribution in [-0.4, -0.2) is 25.0 Å². The van der Waals surface area contributed by atoms with E-state index in [9.17, 15) is 0 Å². The van der Waals surface area contributed by atoms with Crippen LogP contribution in [0, 0.1) is 0 Å². The summed E-state index contributed by atoms with van der Waals surface area (Å²) in [6.45, 7) is 2.05. The Labute approximate surface area is 101 Å². The van der Waals surface area contributed by atoms with Crippen LogP contribution in [0.25, 0.3) is 0 Å². The minimum Gasteiger partial charge on any atom is -0.328 e. The molecule has 2 nitrogen and oxygen atoms in total. The summed E-state index contributed by atoms with van der Waals surface area (Å²) in [5.41, 5.74) is 7.18. The summed E-state index contributed by atoms with van der Waals surface area (Å²) in [4.78, 5) is 2.21. The quantitative estimate of drug-likeness (QED) is 0.912. The van der Waals surface area contributed by atoms with Gasteiger partial charge in [-0.15, -0.1) is 0 Å². The number of rotatable bonds is 4. The Kier molecular flexibility index (Phi) is 4.77. The van der Waals surface area contributed by atoms with Gasteiger partial charge < -0.3 is 10.6 Å². The van der Waals surface area contributed by atoms with E-state index in [-0.39, 0.29) is 6.04 Å². The lowest BCUT2D eigenvalue weighted by Gasteiger charge is -2.27. The number of hydrogen-bond acceptors (Lipinski definition) is 2. The minimum atomic E-state index is 0.213. The van der Waals surface area contributed by atoms with Crippen molar-refractivity contribution >= 4 is 15.9 Å². The summed E-state index contributed by atoms with van der Waals surface area (Å²) in [5.74, 6) is 0. The summed E-state index contributed by atoms with van der Waals surface area (Å²) in [6, 6.07) is 8.92. The highest BCUT2D eigenvalue weighted by Gasteiger charge is 2.17. The van der Waals surface area contributed by atoms with Gasteiger partial charge in [-0.2, -0.15) is 0 Å². The maximum absolute atomic E-state index is 5.88. The van der Waals surface area contributed by atoms with Gasteiger partial charge in [-0.1, -0.05) is 34.1 Å². The molecule has 0 amide bonds. The lowest BCUT2D eigenvalue weighted by Crippen LogP contribution is -2.27. The van der Waals surface area contributed by atoms with Gasteiger partial charge in [0.1, 0.15) is 0 Å². The van der Waals surface area contributed by atoms with Crippen molar-refractivity contribution in [1.29, 1.82) is 0 Å². The molecule has 84 valence electrons. The molecule has 1 aromatic carbocycles. The second-order valence-corrected chi connectivity index (χ2v) is 5.07. The molecule has 0 fully saturated rings. The fourth-order valence-electron chi connectivity index (χ4n) is 1.71.